The monoisotopic (exact) mass is 393 g/mol. The third-order valence-corrected chi connectivity index (χ3v) is 6.67. The third kappa shape index (κ3) is 4.00. The first kappa shape index (κ1) is 19.5. The van der Waals surface area contributed by atoms with Crippen LogP contribution in [0.1, 0.15) is 44.0 Å². The van der Waals surface area contributed by atoms with Crippen LogP contribution < -0.4 is 28.2 Å². The number of nitrogens with zero attached hydrogens (tertiary/aromatic N) is 1. The van der Waals surface area contributed by atoms with Crippen LogP contribution in [0.4, 0.5) is 5.13 Å². The Bertz CT molecular complexity index is 747. The largest absolute Gasteiger partial charge is 1.00 e. The molecule has 3 N–H and O–H groups in total. The van der Waals surface area contributed by atoms with E-state index in [1.165, 1.54) is 53.8 Å². The molecule has 0 radical (unpaired) electrons. The molecule has 2 aliphatic carbocycles. The van der Waals surface area contributed by atoms with Crippen molar-refractivity contribution < 1.29 is 18.6 Å². The number of halogens is 1. The van der Waals surface area contributed by atoms with E-state index in [0.717, 1.165) is 30.3 Å². The molecule has 6 heteroatoms. The Kier molecular flexibility index (Phi) is 6.43. The molecule has 1 aromatic carbocycles. The van der Waals surface area contributed by atoms with Crippen LogP contribution >= 0.6 is 11.3 Å². The highest BCUT2D eigenvalue weighted by Gasteiger charge is 2.23. The highest BCUT2D eigenvalue weighted by molar-refractivity contribution is 7.16. The average molecular weight is 394 g/mol. The first-order chi connectivity index (χ1) is 12.3. The number of anilines is 1. The molecule has 0 bridgehead atoms. The second kappa shape index (κ2) is 8.59. The fourth-order valence-corrected chi connectivity index (χ4v) is 5.18. The van der Waals surface area contributed by atoms with E-state index in [0.29, 0.717) is 12.0 Å². The molecule has 1 aromatic heterocycles. The van der Waals surface area contributed by atoms with Gasteiger partial charge in [-0.05, 0) is 81.2 Å². The number of nitrogens with two attached hydrogens (primary N) is 1. The quantitative estimate of drug-likeness (QED) is 0.823. The van der Waals surface area contributed by atoms with Crippen molar-refractivity contribution in [3.05, 3.63) is 28.6 Å². The number of rotatable bonds is 4. The lowest BCUT2D eigenvalue weighted by Gasteiger charge is -2.28. The Morgan fingerprint density at radius 1 is 1.27 bits per heavy atom. The van der Waals surface area contributed by atoms with Gasteiger partial charge in [0.2, 0.25) is 0 Å². The molecule has 0 aliphatic heterocycles. The normalized spacial score (nSPS) is 21.8. The minimum Gasteiger partial charge on any atom is -1.00 e. The van der Waals surface area contributed by atoms with Crippen molar-refractivity contribution >= 4 is 16.5 Å². The lowest BCUT2D eigenvalue weighted by atomic mass is 9.86. The minimum atomic E-state index is 0. The van der Waals surface area contributed by atoms with E-state index < -0.39 is 0 Å². The van der Waals surface area contributed by atoms with Gasteiger partial charge in [0.05, 0.1) is 12.8 Å². The number of methoxy groups -OCH3 is 1. The number of ether oxygens (including phenoxy) is 1. The summed E-state index contributed by atoms with van der Waals surface area (Å²) >= 11 is 1.84. The van der Waals surface area contributed by atoms with Gasteiger partial charge < -0.3 is 28.2 Å². The summed E-state index contributed by atoms with van der Waals surface area (Å²) in [5, 5.41) is 4.79. The maximum Gasteiger partial charge on any atom is 1.00 e. The SMILES string of the molecule is COc1ccc2c(c1)CCCc1sc(NC3CCC(CN)CC3)nc1-2.[Cl-].[H+]. The second-order valence-corrected chi connectivity index (χ2v) is 8.35. The van der Waals surface area contributed by atoms with Crippen LogP contribution in [-0.4, -0.2) is 24.7 Å². The number of hydrogen-bond donors (Lipinski definition) is 2. The van der Waals surface area contributed by atoms with E-state index in [4.69, 9.17) is 15.5 Å². The number of aromatic nitrogens is 1. The summed E-state index contributed by atoms with van der Waals surface area (Å²) in [5.74, 6) is 1.65. The van der Waals surface area contributed by atoms with Crippen LogP contribution in [0.15, 0.2) is 18.2 Å². The highest BCUT2D eigenvalue weighted by atomic mass is 35.5. The fraction of sp³-hybridized carbons (Fsp3) is 0.550. The zero-order chi connectivity index (χ0) is 17.2. The molecule has 0 atom stereocenters. The van der Waals surface area contributed by atoms with E-state index in [-0.39, 0.29) is 13.8 Å². The summed E-state index contributed by atoms with van der Waals surface area (Å²) in [6.07, 6.45) is 8.28. The molecular formula is C20H28ClN3OS. The summed E-state index contributed by atoms with van der Waals surface area (Å²) in [7, 11) is 1.73. The van der Waals surface area contributed by atoms with Crippen molar-refractivity contribution in [3.8, 4) is 17.0 Å². The van der Waals surface area contributed by atoms with Gasteiger partial charge >= 0.3 is 1.43 Å². The summed E-state index contributed by atoms with van der Waals surface area (Å²) in [6, 6.07) is 6.95. The molecule has 1 saturated carbocycles. The van der Waals surface area contributed by atoms with Gasteiger partial charge in [0, 0.05) is 16.5 Å². The molecule has 1 heterocycles. The zero-order valence-electron chi connectivity index (χ0n) is 16.3. The van der Waals surface area contributed by atoms with Gasteiger partial charge in [0.25, 0.3) is 0 Å². The average Bonchev–Trinajstić information content (AvgIpc) is 2.96. The smallest absolute Gasteiger partial charge is 1.00 e. The van der Waals surface area contributed by atoms with E-state index in [1.54, 1.807) is 7.11 Å². The number of thiazole rings is 1. The van der Waals surface area contributed by atoms with Crippen LogP contribution in [0.3, 0.4) is 0 Å². The van der Waals surface area contributed by atoms with E-state index in [2.05, 4.69) is 23.5 Å². The second-order valence-electron chi connectivity index (χ2n) is 7.27. The first-order valence-electron chi connectivity index (χ1n) is 9.40. The molecule has 2 aliphatic rings. The van der Waals surface area contributed by atoms with E-state index in [9.17, 15) is 0 Å². The van der Waals surface area contributed by atoms with Gasteiger partial charge in [-0.15, -0.1) is 11.3 Å². The first-order valence-corrected chi connectivity index (χ1v) is 10.2. The minimum absolute atomic E-state index is 0. The van der Waals surface area contributed by atoms with Crippen molar-refractivity contribution in [2.45, 2.75) is 51.0 Å². The van der Waals surface area contributed by atoms with Crippen molar-refractivity contribution in [1.82, 2.24) is 4.98 Å². The van der Waals surface area contributed by atoms with E-state index in [1.807, 2.05) is 11.3 Å². The maximum absolute atomic E-state index is 5.81. The van der Waals surface area contributed by atoms with Gasteiger partial charge in [0.1, 0.15) is 5.75 Å². The van der Waals surface area contributed by atoms with Crippen molar-refractivity contribution in [2.75, 3.05) is 19.0 Å². The zero-order valence-corrected chi connectivity index (χ0v) is 16.8. The van der Waals surface area contributed by atoms with Gasteiger partial charge in [-0.25, -0.2) is 4.98 Å². The van der Waals surface area contributed by atoms with Gasteiger partial charge in [-0.2, -0.15) is 0 Å². The molecule has 4 nitrogen and oxygen atoms in total. The Morgan fingerprint density at radius 3 is 2.81 bits per heavy atom. The lowest BCUT2D eigenvalue weighted by Crippen LogP contribution is -3.00. The van der Waals surface area contributed by atoms with Crippen LogP contribution in [0.25, 0.3) is 11.3 Å². The molecular weight excluding hydrogens is 366 g/mol. The molecule has 4 rings (SSSR count). The molecule has 0 unspecified atom stereocenters. The maximum atomic E-state index is 5.81. The van der Waals surface area contributed by atoms with Crippen molar-refractivity contribution in [1.29, 1.82) is 0 Å². The predicted octanol–water partition coefficient (Wildman–Crippen LogP) is 1.35. The Hall–Kier alpha value is -1.30. The highest BCUT2D eigenvalue weighted by Crippen LogP contribution is 2.39. The van der Waals surface area contributed by atoms with Crippen LogP contribution in [0, 0.1) is 5.92 Å². The predicted molar refractivity (Wildman–Crippen MR) is 106 cm³/mol. The van der Waals surface area contributed by atoms with Gasteiger partial charge in [0.15, 0.2) is 5.13 Å². The molecule has 1 fully saturated rings. The van der Waals surface area contributed by atoms with Crippen LogP contribution in [0.5, 0.6) is 5.75 Å². The van der Waals surface area contributed by atoms with Crippen molar-refractivity contribution in [3.63, 3.8) is 0 Å². The molecule has 0 amide bonds. The molecule has 2 aromatic rings. The Morgan fingerprint density at radius 2 is 2.08 bits per heavy atom. The van der Waals surface area contributed by atoms with E-state index >= 15 is 0 Å². The lowest BCUT2D eigenvalue weighted by molar-refractivity contribution is -0.00000548. The van der Waals surface area contributed by atoms with Gasteiger partial charge in [-0.3, -0.25) is 0 Å². The molecule has 26 heavy (non-hydrogen) atoms. The number of nitrogens with one attached hydrogen (secondary N) is 1. The fourth-order valence-electron chi connectivity index (χ4n) is 4.08. The standard InChI is InChI=1S/C20H27N3OS.ClH/c1-24-16-9-10-17-14(11-16)3-2-4-18-19(17)23-20(25-18)22-15-7-5-13(12-21)6-8-15;/h9-11,13,15H,2-8,12,21H2,1H3,(H,22,23);1H. The van der Waals surface area contributed by atoms with Crippen LogP contribution in [0.2, 0.25) is 0 Å². The third-order valence-electron chi connectivity index (χ3n) is 5.62. The topological polar surface area (TPSA) is 60.2 Å². The Labute approximate surface area is 167 Å². The molecule has 0 spiro atoms. The summed E-state index contributed by atoms with van der Waals surface area (Å²) in [6.45, 7) is 0.832. The number of aryl methyl sites for hydroxylation is 2. The molecule has 0 saturated heterocycles. The summed E-state index contributed by atoms with van der Waals surface area (Å²) in [4.78, 5) is 6.40. The molecule has 142 valence electrons. The Balaban J connectivity index is 0.00000131. The summed E-state index contributed by atoms with van der Waals surface area (Å²) in [5.41, 5.74) is 9.63. The number of benzene rings is 1. The number of fused-ring (bicyclic) bond motifs is 3. The summed E-state index contributed by atoms with van der Waals surface area (Å²) < 4.78 is 5.39. The van der Waals surface area contributed by atoms with Gasteiger partial charge in [-0.1, -0.05) is 0 Å². The van der Waals surface area contributed by atoms with Crippen molar-refractivity contribution in [2.24, 2.45) is 11.7 Å². The van der Waals surface area contributed by atoms with Crippen LogP contribution in [-0.2, 0) is 12.8 Å². The number of hydrogen-bond acceptors (Lipinski definition) is 5.